The largest absolute Gasteiger partial charge is 1.00 e. The van der Waals surface area contributed by atoms with Gasteiger partial charge in [-0.1, -0.05) is 19.4 Å². The summed E-state index contributed by atoms with van der Waals surface area (Å²) in [5.41, 5.74) is 4.91. The van der Waals surface area contributed by atoms with Crippen LogP contribution < -0.4 is 23.5 Å². The summed E-state index contributed by atoms with van der Waals surface area (Å²) in [6, 6.07) is 0. The Hall–Kier alpha value is -0.540. The minimum absolute atomic E-state index is 0. The molecule has 0 heterocycles. The zero-order valence-electron chi connectivity index (χ0n) is 9.11. The lowest BCUT2D eigenvalue weighted by atomic mass is 10.1. The lowest BCUT2D eigenvalue weighted by molar-refractivity contribution is -0.367. The third-order valence-electron chi connectivity index (χ3n) is 1.97. The van der Waals surface area contributed by atoms with Crippen molar-refractivity contribution >= 4 is 5.91 Å². The van der Waals surface area contributed by atoms with Gasteiger partial charge in [0.05, 0.1) is 6.54 Å². The topological polar surface area (TPSA) is 56.7 Å². The van der Waals surface area contributed by atoms with E-state index in [1.807, 2.05) is 0 Å². The van der Waals surface area contributed by atoms with Gasteiger partial charge in [0, 0.05) is 19.0 Å². The van der Waals surface area contributed by atoms with Crippen molar-refractivity contribution in [2.75, 3.05) is 13.1 Å². The van der Waals surface area contributed by atoms with Crippen molar-refractivity contribution in [2.24, 2.45) is 0 Å². The van der Waals surface area contributed by atoms with Crippen LogP contribution in [0.25, 0.3) is 0 Å². The molecule has 0 fully saturated rings. The van der Waals surface area contributed by atoms with E-state index in [-0.39, 0.29) is 18.3 Å². The van der Waals surface area contributed by atoms with E-state index >= 15 is 0 Å². The van der Waals surface area contributed by atoms with Gasteiger partial charge in [0.2, 0.25) is 5.91 Å². The number of quaternary nitrogens is 1. The molecule has 0 aromatic rings. The van der Waals surface area contributed by atoms with E-state index in [0.717, 1.165) is 32.4 Å². The summed E-state index contributed by atoms with van der Waals surface area (Å²) in [6.07, 6.45) is 4.58. The number of rotatable bonds is 6. The third-order valence-corrected chi connectivity index (χ3v) is 1.97. The van der Waals surface area contributed by atoms with Crippen LogP contribution in [0, 0.1) is 0 Å². The van der Waals surface area contributed by atoms with Crippen molar-refractivity contribution in [3.63, 3.8) is 0 Å². The number of halogens is 1. The van der Waals surface area contributed by atoms with Gasteiger partial charge in [-0.05, 0) is 12.8 Å². The first-order chi connectivity index (χ1) is 6.24. The second-order valence-electron chi connectivity index (χ2n) is 3.01. The van der Waals surface area contributed by atoms with E-state index in [4.69, 9.17) is 0 Å². The predicted octanol–water partition coefficient (Wildman–Crippen LogP) is -2.51. The molecule has 0 atom stereocenters. The predicted molar refractivity (Wildman–Crippen MR) is 54.0 cm³/mol. The van der Waals surface area contributed by atoms with Crippen LogP contribution in [-0.4, -0.2) is 19.0 Å². The van der Waals surface area contributed by atoms with Gasteiger partial charge in [-0.3, -0.25) is 4.79 Å². The van der Waals surface area contributed by atoms with Crippen LogP contribution in [0.2, 0.25) is 0 Å². The Kier molecular flexibility index (Phi) is 12.0. The van der Waals surface area contributed by atoms with Crippen LogP contribution in [0.3, 0.4) is 0 Å². The highest BCUT2D eigenvalue weighted by Gasteiger charge is 1.97. The Morgan fingerprint density at radius 2 is 1.93 bits per heavy atom. The molecule has 1 amide bonds. The fourth-order valence-electron chi connectivity index (χ4n) is 1.03. The average Bonchev–Trinajstić information content (AvgIpc) is 2.14. The van der Waals surface area contributed by atoms with Crippen LogP contribution in [0.5, 0.6) is 0 Å². The molecular weight excluding hydrogens is 200 g/mol. The summed E-state index contributed by atoms with van der Waals surface area (Å²) in [5, 5.41) is 2.83. The number of allylic oxidation sites excluding steroid dienone is 1. The summed E-state index contributed by atoms with van der Waals surface area (Å²) in [4.78, 5) is 11.2. The Morgan fingerprint density at radius 1 is 1.36 bits per heavy atom. The standard InChI is InChI=1S/C10H20N2O.ClH/c1-3-9(4-2)8-10(13)12-7-5-6-11;/h8H,3-7,11H2,1-2H3,(H,12,13);1H. The number of nitrogens with one attached hydrogen (secondary N) is 1. The van der Waals surface area contributed by atoms with E-state index in [2.05, 4.69) is 24.9 Å². The molecule has 0 aliphatic rings. The quantitative estimate of drug-likeness (QED) is 0.377. The monoisotopic (exact) mass is 220 g/mol. The van der Waals surface area contributed by atoms with Gasteiger partial charge in [-0.2, -0.15) is 0 Å². The summed E-state index contributed by atoms with van der Waals surface area (Å²) in [7, 11) is 0. The van der Waals surface area contributed by atoms with Crippen molar-refractivity contribution < 1.29 is 22.9 Å². The first-order valence-electron chi connectivity index (χ1n) is 5.01. The molecule has 84 valence electrons. The summed E-state index contributed by atoms with van der Waals surface area (Å²) < 4.78 is 0. The minimum atomic E-state index is 0. The molecule has 0 spiro atoms. The molecule has 3 nitrogen and oxygen atoms in total. The van der Waals surface area contributed by atoms with Crippen molar-refractivity contribution in [1.29, 1.82) is 0 Å². The van der Waals surface area contributed by atoms with Crippen LogP contribution in [0.4, 0.5) is 0 Å². The second-order valence-corrected chi connectivity index (χ2v) is 3.01. The van der Waals surface area contributed by atoms with Gasteiger partial charge in [-0.25, -0.2) is 0 Å². The van der Waals surface area contributed by atoms with Crippen molar-refractivity contribution in [3.8, 4) is 0 Å². The van der Waals surface area contributed by atoms with Gasteiger partial charge in [0.15, 0.2) is 0 Å². The highest BCUT2D eigenvalue weighted by Crippen LogP contribution is 2.03. The average molecular weight is 221 g/mol. The Morgan fingerprint density at radius 3 is 2.36 bits per heavy atom. The molecule has 0 saturated carbocycles. The van der Waals surface area contributed by atoms with Crippen LogP contribution >= 0.6 is 0 Å². The molecule has 4 heteroatoms. The summed E-state index contributed by atoms with van der Waals surface area (Å²) in [5.74, 6) is 0.0344. The molecule has 0 rings (SSSR count). The summed E-state index contributed by atoms with van der Waals surface area (Å²) >= 11 is 0. The Bertz CT molecular complexity index is 175. The van der Waals surface area contributed by atoms with E-state index in [1.54, 1.807) is 6.08 Å². The van der Waals surface area contributed by atoms with Gasteiger partial charge in [0.25, 0.3) is 0 Å². The third kappa shape index (κ3) is 8.08. The minimum Gasteiger partial charge on any atom is -1.00 e. The molecule has 0 bridgehead atoms. The first kappa shape index (κ1) is 15.9. The molecule has 0 aromatic heterocycles. The molecule has 4 N–H and O–H groups in total. The van der Waals surface area contributed by atoms with Crippen LogP contribution in [0.15, 0.2) is 11.6 Å². The fourth-order valence-corrected chi connectivity index (χ4v) is 1.03. The lowest BCUT2D eigenvalue weighted by Gasteiger charge is -2.01. The van der Waals surface area contributed by atoms with Gasteiger partial charge in [-0.15, -0.1) is 0 Å². The zero-order valence-corrected chi connectivity index (χ0v) is 9.86. The van der Waals surface area contributed by atoms with Crippen molar-refractivity contribution in [2.45, 2.75) is 33.1 Å². The highest BCUT2D eigenvalue weighted by atomic mass is 35.5. The maximum Gasteiger partial charge on any atom is 0.243 e. The van der Waals surface area contributed by atoms with Crippen LogP contribution in [-0.2, 0) is 4.79 Å². The maximum atomic E-state index is 11.2. The maximum absolute atomic E-state index is 11.2. The molecule has 0 aromatic carbocycles. The van der Waals surface area contributed by atoms with E-state index in [9.17, 15) is 4.79 Å². The molecule has 0 unspecified atom stereocenters. The molecular formula is C10H21ClN2O. The highest BCUT2D eigenvalue weighted by molar-refractivity contribution is 5.88. The van der Waals surface area contributed by atoms with E-state index in [1.165, 1.54) is 5.57 Å². The smallest absolute Gasteiger partial charge is 0.243 e. The molecule has 0 aliphatic carbocycles. The normalized spacial score (nSPS) is 8.79. The second kappa shape index (κ2) is 10.5. The molecule has 14 heavy (non-hydrogen) atoms. The number of amides is 1. The number of carbonyl (C=O) groups is 1. The SMILES string of the molecule is CCC(=CC(=O)NCCC[NH3+])CC.[Cl-]. The van der Waals surface area contributed by atoms with Crippen molar-refractivity contribution in [1.82, 2.24) is 5.32 Å². The van der Waals surface area contributed by atoms with Crippen LogP contribution in [0.1, 0.15) is 33.1 Å². The number of hydrogen-bond acceptors (Lipinski definition) is 1. The van der Waals surface area contributed by atoms with Crippen molar-refractivity contribution in [3.05, 3.63) is 11.6 Å². The fraction of sp³-hybridized carbons (Fsp3) is 0.700. The van der Waals surface area contributed by atoms with E-state index in [0.29, 0.717) is 0 Å². The number of hydrogen-bond donors (Lipinski definition) is 2. The van der Waals surface area contributed by atoms with Gasteiger partial charge in [0.1, 0.15) is 0 Å². The lowest BCUT2D eigenvalue weighted by Crippen LogP contribution is -3.00. The number of carbonyl (C=O) groups excluding carboxylic acids is 1. The Labute approximate surface area is 92.5 Å². The zero-order chi connectivity index (χ0) is 10.1. The van der Waals surface area contributed by atoms with Gasteiger partial charge >= 0.3 is 0 Å². The van der Waals surface area contributed by atoms with E-state index < -0.39 is 0 Å². The molecule has 0 saturated heterocycles. The van der Waals surface area contributed by atoms with Gasteiger partial charge < -0.3 is 23.5 Å². The Balaban J connectivity index is 0. The molecule has 0 aliphatic heterocycles. The first-order valence-corrected chi connectivity index (χ1v) is 5.01. The summed E-state index contributed by atoms with van der Waals surface area (Å²) in [6.45, 7) is 5.75. The molecule has 0 radical (unpaired) electrons.